The topological polar surface area (TPSA) is 87.7 Å². The van der Waals surface area contributed by atoms with Crippen LogP contribution in [-0.4, -0.2) is 36.7 Å². The molecule has 102 valence electrons. The summed E-state index contributed by atoms with van der Waals surface area (Å²) in [6.07, 6.45) is 0.459. The van der Waals surface area contributed by atoms with E-state index in [2.05, 4.69) is 10.6 Å². The predicted octanol–water partition coefficient (Wildman–Crippen LogP) is 0.698. The minimum atomic E-state index is -1.05. The lowest BCUT2D eigenvalue weighted by Gasteiger charge is -2.26. The Balaban J connectivity index is 1.94. The van der Waals surface area contributed by atoms with Gasteiger partial charge in [-0.1, -0.05) is 12.1 Å². The first-order valence-electron chi connectivity index (χ1n) is 6.09. The van der Waals surface area contributed by atoms with Gasteiger partial charge < -0.3 is 20.5 Å². The molecule has 1 heterocycles. The zero-order valence-electron chi connectivity index (χ0n) is 10.4. The Morgan fingerprint density at radius 3 is 2.74 bits per heavy atom. The molecule has 1 aliphatic rings. The largest absolute Gasteiger partial charge is 0.480 e. The fourth-order valence-corrected chi connectivity index (χ4v) is 1.79. The summed E-state index contributed by atoms with van der Waals surface area (Å²) in [7, 11) is 0. The normalized spacial score (nSPS) is 14.5. The summed E-state index contributed by atoms with van der Waals surface area (Å²) in [5.74, 6) is -0.392. The van der Waals surface area contributed by atoms with E-state index in [4.69, 9.17) is 9.84 Å². The maximum atomic E-state index is 11.8. The molecule has 0 atom stereocenters. The van der Waals surface area contributed by atoms with E-state index in [9.17, 15) is 9.59 Å². The van der Waals surface area contributed by atoms with Crippen molar-refractivity contribution in [3.8, 4) is 5.75 Å². The number of benzene rings is 1. The van der Waals surface area contributed by atoms with Gasteiger partial charge in [-0.25, -0.2) is 4.79 Å². The molecule has 1 saturated heterocycles. The maximum Gasteiger partial charge on any atom is 0.341 e. The zero-order chi connectivity index (χ0) is 13.7. The fraction of sp³-hybridized carbons (Fsp3) is 0.385. The van der Waals surface area contributed by atoms with E-state index < -0.39 is 12.6 Å². The molecular formula is C13H16N2O4. The van der Waals surface area contributed by atoms with E-state index >= 15 is 0 Å². The third-order valence-corrected chi connectivity index (χ3v) is 2.85. The van der Waals surface area contributed by atoms with Crippen LogP contribution in [0.25, 0.3) is 0 Å². The van der Waals surface area contributed by atoms with Gasteiger partial charge in [0.05, 0.1) is 5.69 Å². The molecule has 0 radical (unpaired) electrons. The summed E-state index contributed by atoms with van der Waals surface area (Å²) in [6.45, 7) is 1.30. The van der Waals surface area contributed by atoms with Crippen molar-refractivity contribution >= 4 is 17.6 Å². The van der Waals surface area contributed by atoms with Crippen LogP contribution in [0.5, 0.6) is 5.75 Å². The number of amides is 1. The predicted molar refractivity (Wildman–Crippen MR) is 69.2 cm³/mol. The van der Waals surface area contributed by atoms with Crippen LogP contribution in [0, 0.1) is 5.92 Å². The van der Waals surface area contributed by atoms with Gasteiger partial charge in [0.25, 0.3) is 0 Å². The number of hydrogen-bond acceptors (Lipinski definition) is 4. The van der Waals surface area contributed by atoms with E-state index in [0.29, 0.717) is 23.8 Å². The summed E-state index contributed by atoms with van der Waals surface area (Å²) in [5, 5.41) is 14.4. The molecule has 0 aliphatic carbocycles. The molecular weight excluding hydrogens is 248 g/mol. The fourth-order valence-electron chi connectivity index (χ4n) is 1.79. The van der Waals surface area contributed by atoms with Crippen LogP contribution >= 0.6 is 0 Å². The SMILES string of the molecule is O=C(O)COc1ccccc1NC(=O)CC1CNC1. The molecule has 0 bridgehead atoms. The van der Waals surface area contributed by atoms with E-state index in [1.54, 1.807) is 24.3 Å². The van der Waals surface area contributed by atoms with Crippen LogP contribution < -0.4 is 15.4 Å². The van der Waals surface area contributed by atoms with Gasteiger partial charge in [-0.15, -0.1) is 0 Å². The van der Waals surface area contributed by atoms with E-state index in [1.165, 1.54) is 0 Å². The molecule has 1 fully saturated rings. The maximum absolute atomic E-state index is 11.8. The number of rotatable bonds is 6. The Labute approximate surface area is 110 Å². The number of carboxylic acid groups (broad SMARTS) is 1. The van der Waals surface area contributed by atoms with Crippen LogP contribution in [0.1, 0.15) is 6.42 Å². The number of anilines is 1. The monoisotopic (exact) mass is 264 g/mol. The van der Waals surface area contributed by atoms with Crippen LogP contribution in [0.2, 0.25) is 0 Å². The van der Waals surface area contributed by atoms with Crippen molar-refractivity contribution in [2.24, 2.45) is 5.92 Å². The Hall–Kier alpha value is -2.08. The number of aliphatic carboxylic acids is 1. The van der Waals surface area contributed by atoms with Gasteiger partial charge in [0.1, 0.15) is 5.75 Å². The van der Waals surface area contributed by atoms with Gasteiger partial charge in [-0.3, -0.25) is 4.79 Å². The molecule has 0 aromatic heterocycles. The number of carbonyl (C=O) groups excluding carboxylic acids is 1. The highest BCUT2D eigenvalue weighted by atomic mass is 16.5. The number of nitrogens with one attached hydrogen (secondary N) is 2. The van der Waals surface area contributed by atoms with Gasteiger partial charge in [0.2, 0.25) is 5.91 Å². The second kappa shape index (κ2) is 6.19. The molecule has 1 amide bonds. The lowest BCUT2D eigenvalue weighted by atomic mass is 9.99. The molecule has 1 aliphatic heterocycles. The summed E-state index contributed by atoms with van der Waals surface area (Å²) < 4.78 is 5.12. The number of carboxylic acids is 1. The van der Waals surface area contributed by atoms with Gasteiger partial charge in [0.15, 0.2) is 6.61 Å². The van der Waals surface area contributed by atoms with Crippen LogP contribution in [-0.2, 0) is 9.59 Å². The third kappa shape index (κ3) is 3.96. The summed E-state index contributed by atoms with van der Waals surface area (Å²) >= 11 is 0. The van der Waals surface area contributed by atoms with Crippen molar-refractivity contribution in [2.75, 3.05) is 25.0 Å². The molecule has 19 heavy (non-hydrogen) atoms. The lowest BCUT2D eigenvalue weighted by molar-refractivity contribution is -0.139. The number of hydrogen-bond donors (Lipinski definition) is 3. The summed E-state index contributed by atoms with van der Waals surface area (Å²) in [6, 6.07) is 6.80. The summed E-state index contributed by atoms with van der Waals surface area (Å²) in [4.78, 5) is 22.3. The molecule has 0 unspecified atom stereocenters. The highest BCUT2D eigenvalue weighted by Crippen LogP contribution is 2.24. The average Bonchev–Trinajstić information content (AvgIpc) is 2.33. The first kappa shape index (κ1) is 13.4. The Bertz CT molecular complexity index is 471. The number of para-hydroxylation sites is 2. The van der Waals surface area contributed by atoms with Crippen molar-refractivity contribution in [3.63, 3.8) is 0 Å². The van der Waals surface area contributed by atoms with E-state index in [-0.39, 0.29) is 5.91 Å². The standard InChI is InChI=1S/C13H16N2O4/c16-12(5-9-6-14-7-9)15-10-3-1-2-4-11(10)19-8-13(17)18/h1-4,9,14H,5-8H2,(H,15,16)(H,17,18). The first-order chi connectivity index (χ1) is 9.15. The van der Waals surface area contributed by atoms with E-state index in [1.807, 2.05) is 0 Å². The highest BCUT2D eigenvalue weighted by molar-refractivity contribution is 5.92. The van der Waals surface area contributed by atoms with Crippen molar-refractivity contribution in [2.45, 2.75) is 6.42 Å². The van der Waals surface area contributed by atoms with Gasteiger partial charge in [-0.05, 0) is 31.1 Å². The Kier molecular flexibility index (Phi) is 4.35. The van der Waals surface area contributed by atoms with Gasteiger partial charge in [0, 0.05) is 6.42 Å². The molecule has 1 aromatic carbocycles. The van der Waals surface area contributed by atoms with Crippen molar-refractivity contribution in [1.29, 1.82) is 0 Å². The Morgan fingerprint density at radius 1 is 1.37 bits per heavy atom. The van der Waals surface area contributed by atoms with Crippen molar-refractivity contribution in [1.82, 2.24) is 5.32 Å². The molecule has 1 aromatic rings. The second-order valence-electron chi connectivity index (χ2n) is 4.46. The van der Waals surface area contributed by atoms with Crippen LogP contribution in [0.3, 0.4) is 0 Å². The van der Waals surface area contributed by atoms with Crippen molar-refractivity contribution < 1.29 is 19.4 Å². The second-order valence-corrected chi connectivity index (χ2v) is 4.46. The lowest BCUT2D eigenvalue weighted by Crippen LogP contribution is -2.43. The van der Waals surface area contributed by atoms with Crippen LogP contribution in [0.4, 0.5) is 5.69 Å². The van der Waals surface area contributed by atoms with E-state index in [0.717, 1.165) is 13.1 Å². The first-order valence-corrected chi connectivity index (χ1v) is 6.09. The van der Waals surface area contributed by atoms with Gasteiger partial charge >= 0.3 is 5.97 Å². The zero-order valence-corrected chi connectivity index (χ0v) is 10.4. The molecule has 6 heteroatoms. The van der Waals surface area contributed by atoms with Crippen LogP contribution in [0.15, 0.2) is 24.3 Å². The minimum absolute atomic E-state index is 0.0853. The third-order valence-electron chi connectivity index (χ3n) is 2.85. The smallest absolute Gasteiger partial charge is 0.341 e. The average molecular weight is 264 g/mol. The highest BCUT2D eigenvalue weighted by Gasteiger charge is 2.20. The van der Waals surface area contributed by atoms with Gasteiger partial charge in [-0.2, -0.15) is 0 Å². The molecule has 0 saturated carbocycles. The number of ether oxygens (including phenoxy) is 1. The number of carbonyl (C=O) groups is 2. The molecule has 3 N–H and O–H groups in total. The molecule has 2 rings (SSSR count). The summed E-state index contributed by atoms with van der Waals surface area (Å²) in [5.41, 5.74) is 0.501. The minimum Gasteiger partial charge on any atom is -0.480 e. The quantitative estimate of drug-likeness (QED) is 0.704. The molecule has 6 nitrogen and oxygen atoms in total. The molecule has 0 spiro atoms. The Morgan fingerprint density at radius 2 is 2.11 bits per heavy atom. The van der Waals surface area contributed by atoms with Crippen molar-refractivity contribution in [3.05, 3.63) is 24.3 Å².